The van der Waals surface area contributed by atoms with E-state index in [1.54, 1.807) is 14.2 Å². The number of aromatic nitrogens is 3. The van der Waals surface area contributed by atoms with E-state index < -0.39 is 0 Å². The van der Waals surface area contributed by atoms with Gasteiger partial charge in [0, 0.05) is 25.9 Å². The molecule has 152 valence electrons. The van der Waals surface area contributed by atoms with E-state index in [1.165, 1.54) is 12.8 Å². The maximum Gasteiger partial charge on any atom is 0.315 e. The summed E-state index contributed by atoms with van der Waals surface area (Å²) in [4.78, 5) is 12.3. The second kappa shape index (κ2) is 9.43. The zero-order valence-electron chi connectivity index (χ0n) is 16.8. The Kier molecular flexibility index (Phi) is 6.73. The normalized spacial score (nSPS) is 14.5. The molecular weight excluding hydrogens is 358 g/mol. The minimum absolute atomic E-state index is 0.163. The highest BCUT2D eigenvalue weighted by molar-refractivity contribution is 5.74. The predicted octanol–water partition coefficient (Wildman–Crippen LogP) is 2.62. The molecule has 8 heteroatoms. The van der Waals surface area contributed by atoms with Crippen molar-refractivity contribution < 1.29 is 14.3 Å². The Morgan fingerprint density at radius 1 is 1.18 bits per heavy atom. The van der Waals surface area contributed by atoms with Crippen molar-refractivity contribution in [1.82, 2.24) is 25.4 Å². The smallest absolute Gasteiger partial charge is 0.315 e. The van der Waals surface area contributed by atoms with Gasteiger partial charge >= 0.3 is 6.03 Å². The Morgan fingerprint density at radius 3 is 2.79 bits per heavy atom. The van der Waals surface area contributed by atoms with Crippen LogP contribution in [0.5, 0.6) is 11.5 Å². The summed E-state index contributed by atoms with van der Waals surface area (Å²) in [6.07, 6.45) is 5.23. The zero-order chi connectivity index (χ0) is 19.9. The number of carbonyl (C=O) groups excluding carboxylic acids is 1. The van der Waals surface area contributed by atoms with E-state index in [-0.39, 0.29) is 12.1 Å². The minimum atomic E-state index is -0.210. The van der Waals surface area contributed by atoms with E-state index in [0.29, 0.717) is 24.5 Å². The fourth-order valence-electron chi connectivity index (χ4n) is 3.47. The summed E-state index contributed by atoms with van der Waals surface area (Å²) in [5.74, 6) is 3.32. The molecule has 0 aliphatic carbocycles. The summed E-state index contributed by atoms with van der Waals surface area (Å²) in [5, 5.41) is 14.4. The van der Waals surface area contributed by atoms with E-state index in [1.807, 2.05) is 25.1 Å². The number of aryl methyl sites for hydroxylation is 1. The summed E-state index contributed by atoms with van der Waals surface area (Å²) in [5.41, 5.74) is 0.940. The van der Waals surface area contributed by atoms with Gasteiger partial charge in [0.25, 0.3) is 0 Å². The van der Waals surface area contributed by atoms with Gasteiger partial charge in [0.2, 0.25) is 0 Å². The van der Waals surface area contributed by atoms with Gasteiger partial charge in [0.05, 0.1) is 20.3 Å². The molecule has 1 aromatic carbocycles. The van der Waals surface area contributed by atoms with E-state index >= 15 is 0 Å². The molecule has 28 heavy (non-hydrogen) atoms. The number of carbonyl (C=O) groups is 1. The van der Waals surface area contributed by atoms with Crippen molar-refractivity contribution in [2.75, 3.05) is 20.8 Å². The first kappa shape index (κ1) is 20.0. The van der Waals surface area contributed by atoms with Crippen molar-refractivity contribution >= 4 is 6.03 Å². The molecule has 0 fully saturated rings. The van der Waals surface area contributed by atoms with Crippen LogP contribution in [0.15, 0.2) is 18.2 Å². The summed E-state index contributed by atoms with van der Waals surface area (Å²) >= 11 is 0. The molecule has 8 nitrogen and oxygen atoms in total. The molecule has 0 bridgehead atoms. The molecule has 0 saturated heterocycles. The van der Waals surface area contributed by atoms with Gasteiger partial charge in [-0.1, -0.05) is 12.5 Å². The molecule has 1 atom stereocenters. The first-order chi connectivity index (χ1) is 13.6. The van der Waals surface area contributed by atoms with Crippen molar-refractivity contribution in [3.63, 3.8) is 0 Å². The molecule has 1 aliphatic rings. The summed E-state index contributed by atoms with van der Waals surface area (Å²) in [7, 11) is 3.19. The predicted molar refractivity (Wildman–Crippen MR) is 106 cm³/mol. The van der Waals surface area contributed by atoms with Gasteiger partial charge in [-0.3, -0.25) is 0 Å². The van der Waals surface area contributed by atoms with Crippen molar-refractivity contribution in [3.05, 3.63) is 35.4 Å². The number of nitrogens with one attached hydrogen (secondary N) is 2. The fraction of sp³-hybridized carbons (Fsp3) is 0.550. The van der Waals surface area contributed by atoms with Crippen LogP contribution in [0.4, 0.5) is 4.79 Å². The van der Waals surface area contributed by atoms with Crippen LogP contribution in [0.25, 0.3) is 0 Å². The van der Waals surface area contributed by atoms with Crippen LogP contribution in [0.1, 0.15) is 49.4 Å². The lowest BCUT2D eigenvalue weighted by atomic mass is 10.1. The maximum absolute atomic E-state index is 12.3. The van der Waals surface area contributed by atoms with Crippen LogP contribution < -0.4 is 20.1 Å². The molecule has 1 aliphatic heterocycles. The SMILES string of the molecule is COc1ccc([C@H](C)NC(=O)NCCc2nnc3n2CCCCC3)cc1OC. The second-order valence-electron chi connectivity index (χ2n) is 6.98. The molecule has 2 aromatic rings. The molecule has 2 N–H and O–H groups in total. The van der Waals surface area contributed by atoms with Crippen LogP contribution in [0, 0.1) is 0 Å². The number of fused-ring (bicyclic) bond motifs is 1. The summed E-state index contributed by atoms with van der Waals surface area (Å²) in [6, 6.07) is 5.25. The van der Waals surface area contributed by atoms with Gasteiger partial charge in [-0.05, 0) is 37.5 Å². The number of methoxy groups -OCH3 is 2. The molecule has 0 saturated carbocycles. The van der Waals surface area contributed by atoms with Gasteiger partial charge in [-0.2, -0.15) is 0 Å². The third-order valence-corrected chi connectivity index (χ3v) is 5.08. The zero-order valence-corrected chi connectivity index (χ0v) is 16.8. The molecule has 0 spiro atoms. The van der Waals surface area contributed by atoms with Crippen LogP contribution >= 0.6 is 0 Å². The van der Waals surface area contributed by atoms with Crippen LogP contribution in [-0.4, -0.2) is 41.6 Å². The third-order valence-electron chi connectivity index (χ3n) is 5.08. The highest BCUT2D eigenvalue weighted by Gasteiger charge is 2.15. The molecule has 0 unspecified atom stereocenters. The maximum atomic E-state index is 12.3. The van der Waals surface area contributed by atoms with Crippen molar-refractivity contribution in [2.24, 2.45) is 0 Å². The number of benzene rings is 1. The second-order valence-corrected chi connectivity index (χ2v) is 6.98. The average molecular weight is 387 g/mol. The number of nitrogens with zero attached hydrogens (tertiary/aromatic N) is 3. The number of urea groups is 1. The highest BCUT2D eigenvalue weighted by Crippen LogP contribution is 2.29. The number of ether oxygens (including phenoxy) is 2. The first-order valence-corrected chi connectivity index (χ1v) is 9.79. The van der Waals surface area contributed by atoms with E-state index in [4.69, 9.17) is 9.47 Å². The van der Waals surface area contributed by atoms with Gasteiger partial charge < -0.3 is 24.7 Å². The molecule has 1 aromatic heterocycles. The molecule has 2 heterocycles. The Bertz CT molecular complexity index is 805. The standard InChI is InChI=1S/C20H29N5O3/c1-14(15-8-9-16(27-2)17(13-15)28-3)22-20(26)21-11-10-19-24-23-18-7-5-4-6-12-25(18)19/h8-9,13-14H,4-7,10-12H2,1-3H3,(H2,21,22,26)/t14-/m0/s1. The van der Waals surface area contributed by atoms with Crippen molar-refractivity contribution in [1.29, 1.82) is 0 Å². The Morgan fingerprint density at radius 2 is 2.00 bits per heavy atom. The molecule has 2 amide bonds. The van der Waals surface area contributed by atoms with Gasteiger partial charge in [-0.25, -0.2) is 4.79 Å². The highest BCUT2D eigenvalue weighted by atomic mass is 16.5. The number of amides is 2. The Labute approximate surface area is 165 Å². The quantitative estimate of drug-likeness (QED) is 0.762. The molecular formula is C20H29N5O3. The number of hydrogen-bond donors (Lipinski definition) is 2. The lowest BCUT2D eigenvalue weighted by Crippen LogP contribution is -2.38. The first-order valence-electron chi connectivity index (χ1n) is 9.79. The lowest BCUT2D eigenvalue weighted by Gasteiger charge is -2.17. The number of hydrogen-bond acceptors (Lipinski definition) is 5. The summed E-state index contributed by atoms with van der Waals surface area (Å²) < 4.78 is 12.8. The fourth-order valence-corrected chi connectivity index (χ4v) is 3.47. The minimum Gasteiger partial charge on any atom is -0.493 e. The van der Waals surface area contributed by atoms with Crippen LogP contribution in [-0.2, 0) is 19.4 Å². The number of rotatable bonds is 7. The van der Waals surface area contributed by atoms with Crippen molar-refractivity contribution in [3.8, 4) is 11.5 Å². The third kappa shape index (κ3) is 4.74. The van der Waals surface area contributed by atoms with Crippen molar-refractivity contribution in [2.45, 2.75) is 51.6 Å². The van der Waals surface area contributed by atoms with Gasteiger partial charge in [0.15, 0.2) is 11.5 Å². The monoisotopic (exact) mass is 387 g/mol. The lowest BCUT2D eigenvalue weighted by molar-refractivity contribution is 0.238. The largest absolute Gasteiger partial charge is 0.493 e. The van der Waals surface area contributed by atoms with Gasteiger partial charge in [0.1, 0.15) is 11.6 Å². The Balaban J connectivity index is 1.50. The Hall–Kier alpha value is -2.77. The van der Waals surface area contributed by atoms with Crippen LogP contribution in [0.3, 0.4) is 0 Å². The average Bonchev–Trinajstić information content (AvgIpc) is 2.93. The van der Waals surface area contributed by atoms with E-state index in [0.717, 1.165) is 36.6 Å². The van der Waals surface area contributed by atoms with Gasteiger partial charge in [-0.15, -0.1) is 10.2 Å². The molecule has 0 radical (unpaired) electrons. The van der Waals surface area contributed by atoms with E-state index in [2.05, 4.69) is 25.4 Å². The van der Waals surface area contributed by atoms with E-state index in [9.17, 15) is 4.79 Å². The molecule has 3 rings (SSSR count). The topological polar surface area (TPSA) is 90.3 Å². The van der Waals surface area contributed by atoms with Crippen LogP contribution in [0.2, 0.25) is 0 Å². The summed E-state index contributed by atoms with van der Waals surface area (Å²) in [6.45, 7) is 3.42.